The Morgan fingerprint density at radius 1 is 1.41 bits per heavy atom. The molecule has 17 heavy (non-hydrogen) atoms. The zero-order valence-corrected chi connectivity index (χ0v) is 10.8. The molecule has 3 N–H and O–H groups in total. The van der Waals surface area contributed by atoms with Crippen molar-refractivity contribution >= 4 is 18.2 Å². The molecule has 0 fully saturated rings. The van der Waals surface area contributed by atoms with Crippen molar-refractivity contribution in [3.05, 3.63) is 22.2 Å². The van der Waals surface area contributed by atoms with Crippen LogP contribution in [0.2, 0.25) is 0 Å². The molecule has 0 aliphatic rings. The van der Waals surface area contributed by atoms with Gasteiger partial charge in [0.1, 0.15) is 0 Å². The van der Waals surface area contributed by atoms with Crippen LogP contribution < -0.4 is 5.73 Å². The molecule has 7 heteroatoms. The standard InChI is InChI=1S/C10H16N6S/c1-7-6-8(2)16(14-7)5-3-4-15-9(11)12-13-10(15)17/h6H,3-5H2,1-2H3,(H2,11,12)(H,13,17). The molecule has 0 aliphatic heterocycles. The Bertz CT molecular complexity index is 564. The predicted molar refractivity (Wildman–Crippen MR) is 68.1 cm³/mol. The SMILES string of the molecule is Cc1cc(C)n(CCCn2c(N)n[nH]c2=S)n1. The minimum atomic E-state index is 0.434. The molecule has 0 spiro atoms. The number of H-pyrrole nitrogens is 1. The van der Waals surface area contributed by atoms with Gasteiger partial charge in [0, 0.05) is 18.8 Å². The van der Waals surface area contributed by atoms with Gasteiger partial charge in [0.15, 0.2) is 4.77 Å². The minimum absolute atomic E-state index is 0.434. The Morgan fingerprint density at radius 3 is 2.71 bits per heavy atom. The lowest BCUT2D eigenvalue weighted by Crippen LogP contribution is -2.08. The smallest absolute Gasteiger partial charge is 0.220 e. The van der Waals surface area contributed by atoms with E-state index in [9.17, 15) is 0 Å². The van der Waals surface area contributed by atoms with E-state index in [0.717, 1.165) is 25.2 Å². The minimum Gasteiger partial charge on any atom is -0.368 e. The largest absolute Gasteiger partial charge is 0.368 e. The Labute approximate surface area is 104 Å². The van der Waals surface area contributed by atoms with Crippen molar-refractivity contribution in [2.24, 2.45) is 0 Å². The molecule has 0 saturated carbocycles. The summed E-state index contributed by atoms with van der Waals surface area (Å²) in [7, 11) is 0. The van der Waals surface area contributed by atoms with Gasteiger partial charge in [-0.1, -0.05) is 0 Å². The Morgan fingerprint density at radius 2 is 2.18 bits per heavy atom. The van der Waals surface area contributed by atoms with E-state index < -0.39 is 0 Å². The first-order valence-electron chi connectivity index (χ1n) is 5.49. The van der Waals surface area contributed by atoms with Crippen LogP contribution in [0, 0.1) is 18.6 Å². The van der Waals surface area contributed by atoms with Crippen LogP contribution in [-0.2, 0) is 13.1 Å². The highest BCUT2D eigenvalue weighted by molar-refractivity contribution is 7.71. The first-order chi connectivity index (χ1) is 8.08. The number of hydrogen-bond acceptors (Lipinski definition) is 4. The molecule has 92 valence electrons. The van der Waals surface area contributed by atoms with Crippen molar-refractivity contribution in [1.82, 2.24) is 24.5 Å². The van der Waals surface area contributed by atoms with Gasteiger partial charge in [0.05, 0.1) is 5.69 Å². The van der Waals surface area contributed by atoms with Gasteiger partial charge in [0.2, 0.25) is 5.95 Å². The zero-order chi connectivity index (χ0) is 12.4. The molecule has 2 rings (SSSR count). The Hall–Kier alpha value is -1.63. The van der Waals surface area contributed by atoms with Crippen LogP contribution in [0.1, 0.15) is 17.8 Å². The first-order valence-corrected chi connectivity index (χ1v) is 5.90. The molecule has 2 heterocycles. The summed E-state index contributed by atoms with van der Waals surface area (Å²) >= 11 is 5.08. The second kappa shape index (κ2) is 4.70. The van der Waals surface area contributed by atoms with E-state index in [1.165, 1.54) is 5.69 Å². The van der Waals surface area contributed by atoms with Gasteiger partial charge in [0.25, 0.3) is 0 Å². The third-order valence-electron chi connectivity index (χ3n) is 2.64. The van der Waals surface area contributed by atoms with Crippen LogP contribution in [0.3, 0.4) is 0 Å². The molecule has 2 aromatic heterocycles. The maximum Gasteiger partial charge on any atom is 0.220 e. The van der Waals surface area contributed by atoms with Crippen LogP contribution in [0.4, 0.5) is 5.95 Å². The van der Waals surface area contributed by atoms with E-state index in [0.29, 0.717) is 10.7 Å². The van der Waals surface area contributed by atoms with Crippen LogP contribution in [-0.4, -0.2) is 24.5 Å². The van der Waals surface area contributed by atoms with Crippen molar-refractivity contribution in [2.75, 3.05) is 5.73 Å². The summed E-state index contributed by atoms with van der Waals surface area (Å²) in [5, 5.41) is 10.9. The third-order valence-corrected chi connectivity index (χ3v) is 2.95. The van der Waals surface area contributed by atoms with E-state index in [1.54, 1.807) is 4.57 Å². The van der Waals surface area contributed by atoms with Crippen molar-refractivity contribution in [3.63, 3.8) is 0 Å². The topological polar surface area (TPSA) is 77.5 Å². The van der Waals surface area contributed by atoms with Crippen LogP contribution in [0.15, 0.2) is 6.07 Å². The van der Waals surface area contributed by atoms with Gasteiger partial charge < -0.3 is 5.73 Å². The van der Waals surface area contributed by atoms with E-state index in [1.807, 2.05) is 11.6 Å². The Kier molecular flexibility index (Phi) is 3.28. The number of nitrogens with zero attached hydrogens (tertiary/aromatic N) is 4. The summed E-state index contributed by atoms with van der Waals surface area (Å²) in [4.78, 5) is 0. The number of hydrogen-bond donors (Lipinski definition) is 2. The lowest BCUT2D eigenvalue weighted by atomic mass is 10.4. The van der Waals surface area contributed by atoms with Gasteiger partial charge in [-0.05, 0) is 38.6 Å². The molecule has 2 aromatic rings. The van der Waals surface area contributed by atoms with Crippen molar-refractivity contribution < 1.29 is 0 Å². The van der Waals surface area contributed by atoms with Crippen molar-refractivity contribution in [3.8, 4) is 0 Å². The van der Waals surface area contributed by atoms with E-state index in [-0.39, 0.29) is 0 Å². The molecule has 0 amide bonds. The summed E-state index contributed by atoms with van der Waals surface area (Å²) < 4.78 is 4.35. The lowest BCUT2D eigenvalue weighted by Gasteiger charge is -2.05. The third kappa shape index (κ3) is 2.55. The number of nitrogen functional groups attached to an aromatic ring is 1. The number of nitrogens with one attached hydrogen (secondary N) is 1. The number of nitrogens with two attached hydrogens (primary N) is 1. The highest BCUT2D eigenvalue weighted by Gasteiger charge is 2.03. The number of anilines is 1. The molecular formula is C10H16N6S. The second-order valence-electron chi connectivity index (χ2n) is 4.04. The number of aryl methyl sites for hydroxylation is 3. The predicted octanol–water partition coefficient (Wildman–Crippen LogP) is 1.43. The van der Waals surface area contributed by atoms with E-state index >= 15 is 0 Å². The van der Waals surface area contributed by atoms with Crippen LogP contribution >= 0.6 is 12.2 Å². The van der Waals surface area contributed by atoms with Gasteiger partial charge in [-0.2, -0.15) is 5.10 Å². The van der Waals surface area contributed by atoms with E-state index in [4.69, 9.17) is 18.0 Å². The fraction of sp³-hybridized carbons (Fsp3) is 0.500. The number of rotatable bonds is 4. The van der Waals surface area contributed by atoms with Crippen molar-refractivity contribution in [1.29, 1.82) is 0 Å². The highest BCUT2D eigenvalue weighted by Crippen LogP contribution is 2.05. The Balaban J connectivity index is 1.96. The van der Waals surface area contributed by atoms with Gasteiger partial charge in [-0.15, -0.1) is 5.10 Å². The molecule has 0 unspecified atom stereocenters. The fourth-order valence-electron chi connectivity index (χ4n) is 1.83. The summed E-state index contributed by atoms with van der Waals surface area (Å²) in [5.74, 6) is 0.434. The van der Waals surface area contributed by atoms with Crippen LogP contribution in [0.25, 0.3) is 0 Å². The van der Waals surface area contributed by atoms with Crippen LogP contribution in [0.5, 0.6) is 0 Å². The molecule has 0 aromatic carbocycles. The highest BCUT2D eigenvalue weighted by atomic mass is 32.1. The molecule has 0 bridgehead atoms. The average molecular weight is 252 g/mol. The first kappa shape index (κ1) is 11.8. The molecule has 6 nitrogen and oxygen atoms in total. The number of aromatic nitrogens is 5. The maximum absolute atomic E-state index is 5.69. The van der Waals surface area contributed by atoms with E-state index in [2.05, 4.69) is 28.3 Å². The molecule has 0 saturated heterocycles. The summed E-state index contributed by atoms with van der Waals surface area (Å²) in [6.07, 6.45) is 0.917. The molecule has 0 radical (unpaired) electrons. The molecule has 0 aliphatic carbocycles. The maximum atomic E-state index is 5.69. The van der Waals surface area contributed by atoms with Crippen molar-refractivity contribution in [2.45, 2.75) is 33.4 Å². The summed E-state index contributed by atoms with van der Waals surface area (Å²) in [6.45, 7) is 5.65. The molecular weight excluding hydrogens is 236 g/mol. The average Bonchev–Trinajstić information content (AvgIpc) is 2.74. The van der Waals surface area contributed by atoms with Gasteiger partial charge in [-0.3, -0.25) is 9.25 Å². The zero-order valence-electron chi connectivity index (χ0n) is 9.97. The molecule has 0 atom stereocenters. The monoisotopic (exact) mass is 252 g/mol. The quantitative estimate of drug-likeness (QED) is 0.807. The fourth-order valence-corrected chi connectivity index (χ4v) is 2.06. The number of aromatic amines is 1. The second-order valence-corrected chi connectivity index (χ2v) is 4.43. The van der Waals surface area contributed by atoms with Gasteiger partial charge >= 0.3 is 0 Å². The normalized spacial score (nSPS) is 10.9. The summed E-state index contributed by atoms with van der Waals surface area (Å²) in [5.41, 5.74) is 7.90. The van der Waals surface area contributed by atoms with Gasteiger partial charge in [-0.25, -0.2) is 5.10 Å². The summed E-state index contributed by atoms with van der Waals surface area (Å²) in [6, 6.07) is 2.07. The lowest BCUT2D eigenvalue weighted by molar-refractivity contribution is 0.516.